The molecule has 0 bridgehead atoms. The van der Waals surface area contributed by atoms with Crippen molar-refractivity contribution in [2.75, 3.05) is 6.61 Å². The number of Topliss-reactive ketones (excluding diaryl/α,β-unsaturated/α-hetero) is 1. The van der Waals surface area contributed by atoms with E-state index in [-0.39, 0.29) is 5.78 Å². The summed E-state index contributed by atoms with van der Waals surface area (Å²) in [6, 6.07) is 7.27. The molecule has 1 aromatic rings. The molecule has 0 aromatic heterocycles. The Morgan fingerprint density at radius 1 is 1.25 bits per heavy atom. The predicted octanol–water partition coefficient (Wildman–Crippen LogP) is 3.60. The van der Waals surface area contributed by atoms with Crippen molar-refractivity contribution in [3.05, 3.63) is 29.8 Å². The molecule has 3 nitrogen and oxygen atoms in total. The number of rotatable bonds is 7. The summed E-state index contributed by atoms with van der Waals surface area (Å²) >= 11 is 0. The molecule has 0 amide bonds. The number of carbonyl (C=O) groups excluding carboxylic acids is 1. The number of ether oxygens (including phenoxy) is 1. The van der Waals surface area contributed by atoms with Crippen LogP contribution in [-0.4, -0.2) is 23.6 Å². The van der Waals surface area contributed by atoms with Crippen molar-refractivity contribution in [3.8, 4) is 5.75 Å². The summed E-state index contributed by atoms with van der Waals surface area (Å²) in [5.74, 6) is 0.257. The summed E-state index contributed by atoms with van der Waals surface area (Å²) < 4.78 is 5.59. The highest BCUT2D eigenvalue weighted by Crippen LogP contribution is 2.29. The molecule has 1 N–H and O–H groups in total. The van der Waals surface area contributed by atoms with E-state index in [9.17, 15) is 9.90 Å². The van der Waals surface area contributed by atoms with Crippen molar-refractivity contribution >= 4 is 5.78 Å². The van der Waals surface area contributed by atoms with Crippen molar-refractivity contribution in [1.29, 1.82) is 0 Å². The van der Waals surface area contributed by atoms with Crippen LogP contribution >= 0.6 is 0 Å². The van der Waals surface area contributed by atoms with Gasteiger partial charge in [-0.25, -0.2) is 0 Å². The number of carbonyl (C=O) groups is 1. The van der Waals surface area contributed by atoms with E-state index in [2.05, 4.69) is 6.92 Å². The van der Waals surface area contributed by atoms with Gasteiger partial charge in [-0.1, -0.05) is 51.2 Å². The molecule has 2 unspecified atom stereocenters. The second kappa shape index (κ2) is 7.44. The molecular weight excluding hydrogens is 252 g/mol. The highest BCUT2D eigenvalue weighted by atomic mass is 16.5. The third kappa shape index (κ3) is 3.60. The van der Waals surface area contributed by atoms with Gasteiger partial charge in [0.05, 0.1) is 17.6 Å². The van der Waals surface area contributed by atoms with Gasteiger partial charge in [0.1, 0.15) is 12.4 Å². The molecule has 2 rings (SSSR count). The minimum atomic E-state index is -0.586. The van der Waals surface area contributed by atoms with E-state index in [1.807, 2.05) is 12.1 Å². The lowest BCUT2D eigenvalue weighted by molar-refractivity contribution is 0.0445. The maximum atomic E-state index is 12.4. The van der Waals surface area contributed by atoms with Crippen LogP contribution in [0.4, 0.5) is 0 Å². The van der Waals surface area contributed by atoms with Gasteiger partial charge in [-0.3, -0.25) is 4.79 Å². The zero-order chi connectivity index (χ0) is 14.4. The third-order valence-electron chi connectivity index (χ3n) is 3.98. The first-order valence-corrected chi connectivity index (χ1v) is 7.68. The Morgan fingerprint density at radius 3 is 2.80 bits per heavy atom. The first kappa shape index (κ1) is 15.0. The monoisotopic (exact) mass is 276 g/mol. The Morgan fingerprint density at radius 2 is 2.00 bits per heavy atom. The molecule has 2 atom stereocenters. The normalized spacial score (nSPS) is 19.3. The maximum Gasteiger partial charge on any atom is 0.175 e. The quantitative estimate of drug-likeness (QED) is 0.774. The number of aliphatic hydroxyl groups excluding tert-OH is 1. The molecule has 3 heteroatoms. The van der Waals surface area contributed by atoms with E-state index < -0.39 is 12.0 Å². The fourth-order valence-electron chi connectivity index (χ4n) is 2.70. The molecule has 1 aliphatic heterocycles. The number of fused-ring (bicyclic) bond motifs is 1. The number of hydrogen-bond donors (Lipinski definition) is 1. The van der Waals surface area contributed by atoms with E-state index in [4.69, 9.17) is 4.74 Å². The van der Waals surface area contributed by atoms with Gasteiger partial charge in [0.15, 0.2) is 5.78 Å². The standard InChI is InChI=1S/C17H24O3/c1-2-3-4-5-6-10-15(18)14-12-20-16-11-8-7-9-13(16)17(14)19/h7-9,11,14-15,18H,2-6,10,12H2,1H3. The molecule has 110 valence electrons. The SMILES string of the molecule is CCCCCCCC(O)C1COc2ccccc2C1=O. The van der Waals surface area contributed by atoms with Gasteiger partial charge in [0.2, 0.25) is 0 Å². The molecule has 0 fully saturated rings. The van der Waals surface area contributed by atoms with Gasteiger partial charge in [-0.05, 0) is 18.6 Å². The van der Waals surface area contributed by atoms with Crippen LogP contribution in [0.15, 0.2) is 24.3 Å². The smallest absolute Gasteiger partial charge is 0.175 e. The molecular formula is C17H24O3. The van der Waals surface area contributed by atoms with Gasteiger partial charge >= 0.3 is 0 Å². The van der Waals surface area contributed by atoms with Crippen molar-refractivity contribution in [2.24, 2.45) is 5.92 Å². The van der Waals surface area contributed by atoms with Crippen molar-refractivity contribution in [3.63, 3.8) is 0 Å². The zero-order valence-electron chi connectivity index (χ0n) is 12.2. The summed E-state index contributed by atoms with van der Waals surface area (Å²) in [5.41, 5.74) is 0.605. The topological polar surface area (TPSA) is 46.5 Å². The highest BCUT2D eigenvalue weighted by molar-refractivity contribution is 6.01. The number of unbranched alkanes of at least 4 members (excludes halogenated alkanes) is 4. The molecule has 20 heavy (non-hydrogen) atoms. The third-order valence-corrected chi connectivity index (χ3v) is 3.98. The minimum absolute atomic E-state index is 0.0212. The second-order valence-electron chi connectivity index (χ2n) is 5.55. The van der Waals surface area contributed by atoms with Crippen LogP contribution in [0.3, 0.4) is 0 Å². The van der Waals surface area contributed by atoms with Crippen LogP contribution in [0.2, 0.25) is 0 Å². The number of hydrogen-bond acceptors (Lipinski definition) is 3. The van der Waals surface area contributed by atoms with Gasteiger partial charge in [0.25, 0.3) is 0 Å². The first-order valence-electron chi connectivity index (χ1n) is 7.68. The molecule has 0 saturated carbocycles. The lowest BCUT2D eigenvalue weighted by atomic mass is 9.88. The highest BCUT2D eigenvalue weighted by Gasteiger charge is 2.33. The van der Waals surface area contributed by atoms with E-state index in [0.29, 0.717) is 24.3 Å². The fourth-order valence-corrected chi connectivity index (χ4v) is 2.70. The molecule has 0 aliphatic carbocycles. The minimum Gasteiger partial charge on any atom is -0.492 e. The maximum absolute atomic E-state index is 12.4. The molecule has 1 aliphatic rings. The first-order chi connectivity index (χ1) is 9.74. The molecule has 0 radical (unpaired) electrons. The molecule has 1 heterocycles. The predicted molar refractivity (Wildman–Crippen MR) is 79.1 cm³/mol. The van der Waals surface area contributed by atoms with Crippen LogP contribution in [-0.2, 0) is 0 Å². The average molecular weight is 276 g/mol. The number of benzene rings is 1. The summed E-state index contributed by atoms with van der Waals surface area (Å²) in [6.45, 7) is 2.48. The van der Waals surface area contributed by atoms with E-state index in [0.717, 1.165) is 12.8 Å². The summed E-state index contributed by atoms with van der Waals surface area (Å²) in [7, 11) is 0. The van der Waals surface area contributed by atoms with E-state index in [1.54, 1.807) is 12.1 Å². The number of para-hydroxylation sites is 1. The van der Waals surface area contributed by atoms with Crippen LogP contribution in [0.25, 0.3) is 0 Å². The zero-order valence-corrected chi connectivity index (χ0v) is 12.2. The van der Waals surface area contributed by atoms with Crippen molar-refractivity contribution in [2.45, 2.75) is 51.6 Å². The summed E-state index contributed by atoms with van der Waals surface area (Å²) in [4.78, 5) is 12.4. The Kier molecular flexibility index (Phi) is 5.60. The van der Waals surface area contributed by atoms with Crippen LogP contribution in [0.1, 0.15) is 55.8 Å². The summed E-state index contributed by atoms with van der Waals surface area (Å²) in [6.07, 6.45) is 5.88. The van der Waals surface area contributed by atoms with Crippen molar-refractivity contribution < 1.29 is 14.6 Å². The lowest BCUT2D eigenvalue weighted by Crippen LogP contribution is -2.36. The molecule has 0 saturated heterocycles. The number of aliphatic hydroxyl groups is 1. The van der Waals surface area contributed by atoms with Crippen LogP contribution < -0.4 is 4.74 Å². The van der Waals surface area contributed by atoms with Gasteiger partial charge in [-0.15, -0.1) is 0 Å². The Hall–Kier alpha value is -1.35. The lowest BCUT2D eigenvalue weighted by Gasteiger charge is -2.27. The van der Waals surface area contributed by atoms with Gasteiger partial charge in [0, 0.05) is 0 Å². The summed E-state index contributed by atoms with van der Waals surface area (Å²) in [5, 5.41) is 10.2. The molecule has 0 spiro atoms. The second-order valence-corrected chi connectivity index (χ2v) is 5.55. The van der Waals surface area contributed by atoms with Crippen molar-refractivity contribution in [1.82, 2.24) is 0 Å². The van der Waals surface area contributed by atoms with Gasteiger partial charge in [-0.2, -0.15) is 0 Å². The fraction of sp³-hybridized carbons (Fsp3) is 0.588. The van der Waals surface area contributed by atoms with E-state index in [1.165, 1.54) is 19.3 Å². The largest absolute Gasteiger partial charge is 0.492 e. The Bertz CT molecular complexity index is 442. The van der Waals surface area contributed by atoms with Crippen LogP contribution in [0, 0.1) is 5.92 Å². The van der Waals surface area contributed by atoms with E-state index >= 15 is 0 Å². The number of ketones is 1. The van der Waals surface area contributed by atoms with Gasteiger partial charge < -0.3 is 9.84 Å². The Labute approximate surface area is 121 Å². The molecule has 1 aromatic carbocycles. The average Bonchev–Trinajstić information content (AvgIpc) is 2.47. The Balaban J connectivity index is 1.86. The van der Waals surface area contributed by atoms with Crippen LogP contribution in [0.5, 0.6) is 5.75 Å².